The number of nitrogen functional groups attached to an aromatic ring is 1. The second kappa shape index (κ2) is 10.2. The summed E-state index contributed by atoms with van der Waals surface area (Å²) in [5.41, 5.74) is 8.69. The van der Waals surface area contributed by atoms with E-state index in [1.165, 1.54) is 23.1 Å². The van der Waals surface area contributed by atoms with Crippen molar-refractivity contribution in [1.82, 2.24) is 19.7 Å². The fraction of sp³-hybridized carbons (Fsp3) is 0.182. The summed E-state index contributed by atoms with van der Waals surface area (Å²) in [5, 5.41) is 14.5. The lowest BCUT2D eigenvalue weighted by atomic mass is 10.2. The van der Waals surface area contributed by atoms with Crippen LogP contribution in [0.2, 0.25) is 5.02 Å². The first-order chi connectivity index (χ1) is 16.0. The molecule has 1 atom stereocenters. The second-order valence-corrected chi connectivity index (χ2v) is 9.23. The molecule has 0 aliphatic carbocycles. The number of halogens is 1. The number of nitrogens with two attached hydrogens (primary N) is 1. The van der Waals surface area contributed by atoms with Gasteiger partial charge in [0, 0.05) is 21.7 Å². The fourth-order valence-electron chi connectivity index (χ4n) is 3.06. The first-order valence-electron chi connectivity index (χ1n) is 9.93. The number of hydrogen-bond acceptors (Lipinski definition) is 8. The highest BCUT2D eigenvalue weighted by molar-refractivity contribution is 7.98. The number of amides is 1. The number of carbonyl (C=O) groups excluding carboxylic acids is 1. The van der Waals surface area contributed by atoms with Gasteiger partial charge in [-0.1, -0.05) is 41.6 Å². The molecule has 170 valence electrons. The van der Waals surface area contributed by atoms with Gasteiger partial charge in [0.2, 0.25) is 11.9 Å². The molecular weight excluding hydrogens is 480 g/mol. The minimum absolute atomic E-state index is 0.164. The highest BCUT2D eigenvalue weighted by Crippen LogP contribution is 2.30. The molecule has 0 bridgehead atoms. The Morgan fingerprint density at radius 2 is 2.00 bits per heavy atom. The van der Waals surface area contributed by atoms with Crippen LogP contribution in [0.5, 0.6) is 5.75 Å². The minimum Gasteiger partial charge on any atom is -0.497 e. The van der Waals surface area contributed by atoms with Crippen molar-refractivity contribution in [3.63, 3.8) is 0 Å². The number of methoxy groups -OCH3 is 1. The largest absolute Gasteiger partial charge is 0.497 e. The third-order valence-corrected chi connectivity index (χ3v) is 7.01. The Labute approximate surface area is 204 Å². The lowest BCUT2D eigenvalue weighted by Crippen LogP contribution is -2.25. The third-order valence-electron chi connectivity index (χ3n) is 4.89. The van der Waals surface area contributed by atoms with Crippen LogP contribution < -0.4 is 15.8 Å². The van der Waals surface area contributed by atoms with Crippen LogP contribution in [0.25, 0.3) is 11.3 Å². The first kappa shape index (κ1) is 23.1. The van der Waals surface area contributed by atoms with Crippen molar-refractivity contribution in [3.8, 4) is 17.0 Å². The maximum Gasteiger partial charge on any atom is 0.249 e. The minimum atomic E-state index is -0.637. The van der Waals surface area contributed by atoms with E-state index in [1.807, 2.05) is 53.9 Å². The zero-order valence-electron chi connectivity index (χ0n) is 17.9. The number of benzene rings is 2. The molecule has 0 fully saturated rings. The molecular formula is C22H21ClN6O2S2. The molecule has 1 amide bonds. The van der Waals surface area contributed by atoms with E-state index in [0.717, 1.165) is 22.6 Å². The number of thioether (sulfide) groups is 1. The SMILES string of the molecule is COc1ccc(-c2csc(NC(=O)C(C)n3c(N)nnc3SCc3ccccc3Cl)n2)cc1. The molecule has 11 heteroatoms. The third kappa shape index (κ3) is 5.29. The normalized spacial score (nSPS) is 11.8. The Hall–Kier alpha value is -3.08. The summed E-state index contributed by atoms with van der Waals surface area (Å²) < 4.78 is 6.79. The van der Waals surface area contributed by atoms with Crippen LogP contribution in [0, 0.1) is 0 Å². The van der Waals surface area contributed by atoms with Crippen LogP contribution in [0.15, 0.2) is 59.1 Å². The van der Waals surface area contributed by atoms with Crippen LogP contribution in [-0.2, 0) is 10.5 Å². The van der Waals surface area contributed by atoms with Gasteiger partial charge in [0.15, 0.2) is 10.3 Å². The zero-order chi connectivity index (χ0) is 23.4. The van der Waals surface area contributed by atoms with E-state index in [9.17, 15) is 4.79 Å². The second-order valence-electron chi connectivity index (χ2n) is 7.02. The summed E-state index contributed by atoms with van der Waals surface area (Å²) in [5.74, 6) is 1.24. The van der Waals surface area contributed by atoms with Gasteiger partial charge in [-0.25, -0.2) is 4.98 Å². The van der Waals surface area contributed by atoms with Crippen LogP contribution in [0.3, 0.4) is 0 Å². The Balaban J connectivity index is 1.45. The zero-order valence-corrected chi connectivity index (χ0v) is 20.2. The monoisotopic (exact) mass is 500 g/mol. The van der Waals surface area contributed by atoms with Gasteiger partial charge in [0.05, 0.1) is 12.8 Å². The highest BCUT2D eigenvalue weighted by Gasteiger charge is 2.23. The van der Waals surface area contributed by atoms with Gasteiger partial charge < -0.3 is 15.8 Å². The summed E-state index contributed by atoms with van der Waals surface area (Å²) >= 11 is 9.01. The molecule has 8 nitrogen and oxygen atoms in total. The highest BCUT2D eigenvalue weighted by atomic mass is 35.5. The van der Waals surface area contributed by atoms with Crippen molar-refractivity contribution in [2.24, 2.45) is 0 Å². The summed E-state index contributed by atoms with van der Waals surface area (Å²) in [4.78, 5) is 17.5. The van der Waals surface area contributed by atoms with Crippen molar-refractivity contribution in [1.29, 1.82) is 0 Å². The van der Waals surface area contributed by atoms with Gasteiger partial charge in [-0.3, -0.25) is 9.36 Å². The van der Waals surface area contributed by atoms with E-state index in [0.29, 0.717) is 21.1 Å². The fourth-order valence-corrected chi connectivity index (χ4v) is 5.09. The molecule has 3 N–H and O–H groups in total. The summed E-state index contributed by atoms with van der Waals surface area (Å²) in [7, 11) is 1.62. The van der Waals surface area contributed by atoms with E-state index in [4.69, 9.17) is 22.1 Å². The van der Waals surface area contributed by atoms with Crippen LogP contribution in [0.1, 0.15) is 18.5 Å². The van der Waals surface area contributed by atoms with Crippen LogP contribution in [0.4, 0.5) is 11.1 Å². The molecule has 0 aliphatic rings. The van der Waals surface area contributed by atoms with E-state index in [2.05, 4.69) is 20.5 Å². The van der Waals surface area contributed by atoms with Crippen molar-refractivity contribution in [2.45, 2.75) is 23.9 Å². The number of nitrogens with one attached hydrogen (secondary N) is 1. The average Bonchev–Trinajstić information content (AvgIpc) is 3.44. The molecule has 0 spiro atoms. The first-order valence-corrected chi connectivity index (χ1v) is 12.2. The number of carbonyl (C=O) groups is 1. The van der Waals surface area contributed by atoms with Crippen molar-refractivity contribution in [2.75, 3.05) is 18.2 Å². The molecule has 0 radical (unpaired) electrons. The smallest absolute Gasteiger partial charge is 0.249 e. The number of ether oxygens (including phenoxy) is 1. The Morgan fingerprint density at radius 1 is 1.24 bits per heavy atom. The molecule has 2 aromatic heterocycles. The Kier molecular flexibility index (Phi) is 7.17. The molecule has 2 aromatic carbocycles. The van der Waals surface area contributed by atoms with Gasteiger partial charge in [-0.2, -0.15) is 0 Å². The quantitative estimate of drug-likeness (QED) is 0.322. The van der Waals surface area contributed by atoms with Gasteiger partial charge in [-0.15, -0.1) is 21.5 Å². The van der Waals surface area contributed by atoms with E-state index in [1.54, 1.807) is 18.6 Å². The van der Waals surface area contributed by atoms with E-state index in [-0.39, 0.29) is 11.9 Å². The van der Waals surface area contributed by atoms with Crippen LogP contribution >= 0.6 is 34.7 Å². The number of aromatic nitrogens is 4. The van der Waals surface area contributed by atoms with Gasteiger partial charge in [0.1, 0.15) is 11.8 Å². The van der Waals surface area contributed by atoms with Crippen LogP contribution in [-0.4, -0.2) is 32.8 Å². The molecule has 2 heterocycles. The predicted molar refractivity (Wildman–Crippen MR) is 133 cm³/mol. The molecule has 33 heavy (non-hydrogen) atoms. The van der Waals surface area contributed by atoms with Crippen molar-refractivity contribution < 1.29 is 9.53 Å². The Bertz CT molecular complexity index is 1260. The molecule has 1 unspecified atom stereocenters. The molecule has 4 aromatic rings. The van der Waals surface area contributed by atoms with Crippen molar-refractivity contribution >= 4 is 51.7 Å². The maximum absolute atomic E-state index is 12.9. The number of nitrogens with zero attached hydrogens (tertiary/aromatic N) is 4. The van der Waals surface area contributed by atoms with Gasteiger partial charge in [0.25, 0.3) is 0 Å². The van der Waals surface area contributed by atoms with E-state index >= 15 is 0 Å². The summed E-state index contributed by atoms with van der Waals surface area (Å²) in [6.45, 7) is 1.74. The molecule has 0 aliphatic heterocycles. The average molecular weight is 501 g/mol. The molecule has 0 saturated carbocycles. The predicted octanol–water partition coefficient (Wildman–Crippen LogP) is 5.14. The standard InChI is InChI=1S/C22H21ClN6O2S2/c1-13(29-20(24)27-28-22(29)33-11-15-5-3-4-6-17(15)23)19(30)26-21-25-18(12-32-21)14-7-9-16(31-2)10-8-14/h3-10,12-13H,11H2,1-2H3,(H2,24,27)(H,25,26,30). The van der Waals surface area contributed by atoms with Gasteiger partial charge in [-0.05, 0) is 42.8 Å². The van der Waals surface area contributed by atoms with E-state index < -0.39 is 6.04 Å². The lowest BCUT2D eigenvalue weighted by Gasteiger charge is -2.15. The topological polar surface area (TPSA) is 108 Å². The number of hydrogen-bond donors (Lipinski definition) is 2. The van der Waals surface area contributed by atoms with Gasteiger partial charge >= 0.3 is 0 Å². The maximum atomic E-state index is 12.9. The number of anilines is 2. The Morgan fingerprint density at radius 3 is 2.73 bits per heavy atom. The molecule has 4 rings (SSSR count). The number of thiazole rings is 1. The van der Waals surface area contributed by atoms with Crippen molar-refractivity contribution in [3.05, 3.63) is 64.5 Å². The summed E-state index contributed by atoms with van der Waals surface area (Å²) in [6.07, 6.45) is 0. The lowest BCUT2D eigenvalue weighted by molar-refractivity contribution is -0.118. The molecule has 0 saturated heterocycles. The number of rotatable bonds is 8. The summed E-state index contributed by atoms with van der Waals surface area (Å²) in [6, 6.07) is 14.5.